The number of hydrogen-bond acceptors (Lipinski definition) is 1. The Balaban J connectivity index is 3.36. The van der Waals surface area contributed by atoms with Gasteiger partial charge in [-0.1, -0.05) is 19.6 Å². The number of H-pyrrole nitrogens is 1. The summed E-state index contributed by atoms with van der Waals surface area (Å²) in [5, 5.41) is 0. The first-order valence-corrected chi connectivity index (χ1v) is 3.62. The molecule has 1 N–H and O–H groups in total. The van der Waals surface area contributed by atoms with E-state index in [9.17, 15) is 4.79 Å². The van der Waals surface area contributed by atoms with Gasteiger partial charge in [0, 0.05) is 11.8 Å². The molecule has 2 nitrogen and oxygen atoms in total. The first-order valence-electron chi connectivity index (χ1n) is 3.62. The van der Waals surface area contributed by atoms with Crippen molar-refractivity contribution in [2.75, 3.05) is 0 Å². The Morgan fingerprint density at radius 1 is 1.73 bits per heavy atom. The predicted molar refractivity (Wildman–Crippen MR) is 46.5 cm³/mol. The van der Waals surface area contributed by atoms with Gasteiger partial charge in [0.15, 0.2) is 0 Å². The minimum absolute atomic E-state index is 0.0562. The number of pyridine rings is 1. The molecule has 0 aliphatic carbocycles. The molecule has 1 rings (SSSR count). The fourth-order valence-electron chi connectivity index (χ4n) is 1.06. The molecule has 11 heavy (non-hydrogen) atoms. The first kappa shape index (κ1) is 7.79. The van der Waals surface area contributed by atoms with Crippen LogP contribution in [0.25, 0.3) is 6.08 Å². The van der Waals surface area contributed by atoms with Crippen LogP contribution < -0.4 is 5.56 Å². The van der Waals surface area contributed by atoms with Gasteiger partial charge in [0.25, 0.3) is 5.56 Å². The van der Waals surface area contributed by atoms with Gasteiger partial charge in [-0.2, -0.15) is 0 Å². The lowest BCUT2D eigenvalue weighted by Crippen LogP contribution is -2.10. The van der Waals surface area contributed by atoms with Crippen molar-refractivity contribution in [3.8, 4) is 0 Å². The predicted octanol–water partition coefficient (Wildman–Crippen LogP) is 1.58. The molecular weight excluding hydrogens is 138 g/mol. The third-order valence-electron chi connectivity index (χ3n) is 1.67. The van der Waals surface area contributed by atoms with E-state index in [1.165, 1.54) is 0 Å². The monoisotopic (exact) mass is 149 g/mol. The van der Waals surface area contributed by atoms with Crippen LogP contribution in [0.1, 0.15) is 18.1 Å². The maximum atomic E-state index is 11.1. The number of nitrogens with one attached hydrogen (secondary N) is 1. The van der Waals surface area contributed by atoms with Crippen LogP contribution in [0.2, 0.25) is 0 Å². The Morgan fingerprint density at radius 3 is 2.91 bits per heavy atom. The number of aromatic nitrogens is 1. The lowest BCUT2D eigenvalue weighted by atomic mass is 10.1. The Labute approximate surface area is 65.6 Å². The van der Waals surface area contributed by atoms with Gasteiger partial charge in [-0.05, 0) is 18.1 Å². The summed E-state index contributed by atoms with van der Waals surface area (Å²) in [6.45, 7) is 5.60. The van der Waals surface area contributed by atoms with Gasteiger partial charge in [0.1, 0.15) is 0 Å². The van der Waals surface area contributed by atoms with E-state index in [0.29, 0.717) is 5.56 Å². The van der Waals surface area contributed by atoms with Crippen LogP contribution in [0.4, 0.5) is 0 Å². The smallest absolute Gasteiger partial charge is 0.255 e. The maximum absolute atomic E-state index is 11.1. The molecule has 0 saturated heterocycles. The highest BCUT2D eigenvalue weighted by Gasteiger charge is 1.98. The van der Waals surface area contributed by atoms with Gasteiger partial charge in [-0.25, -0.2) is 0 Å². The van der Waals surface area contributed by atoms with Crippen LogP contribution in [0, 0.1) is 0 Å². The van der Waals surface area contributed by atoms with E-state index in [0.717, 1.165) is 12.0 Å². The third kappa shape index (κ3) is 1.40. The quantitative estimate of drug-likeness (QED) is 0.680. The summed E-state index contributed by atoms with van der Waals surface area (Å²) < 4.78 is 0. The molecule has 58 valence electrons. The molecule has 0 spiro atoms. The SMILES string of the molecule is C=Cc1c(CC)cc[nH]c1=O. The number of rotatable bonds is 2. The van der Waals surface area contributed by atoms with Gasteiger partial charge in [-0.15, -0.1) is 0 Å². The van der Waals surface area contributed by atoms with E-state index >= 15 is 0 Å². The zero-order chi connectivity index (χ0) is 8.27. The van der Waals surface area contributed by atoms with Gasteiger partial charge < -0.3 is 4.98 Å². The topological polar surface area (TPSA) is 32.9 Å². The highest BCUT2D eigenvalue weighted by atomic mass is 16.1. The Kier molecular flexibility index (Phi) is 2.26. The Bertz CT molecular complexity index is 312. The Morgan fingerprint density at radius 2 is 2.45 bits per heavy atom. The van der Waals surface area contributed by atoms with Crippen LogP contribution in [0.3, 0.4) is 0 Å². The molecule has 0 aliphatic rings. The minimum Gasteiger partial charge on any atom is -0.329 e. The molecule has 0 fully saturated rings. The van der Waals surface area contributed by atoms with E-state index in [4.69, 9.17) is 0 Å². The molecule has 1 aromatic heterocycles. The fourth-order valence-corrected chi connectivity index (χ4v) is 1.06. The van der Waals surface area contributed by atoms with Crippen molar-refractivity contribution in [1.29, 1.82) is 0 Å². The summed E-state index contributed by atoms with van der Waals surface area (Å²) in [6.07, 6.45) is 4.12. The van der Waals surface area contributed by atoms with Crippen LogP contribution in [-0.2, 0) is 6.42 Å². The van der Waals surface area contributed by atoms with Crippen molar-refractivity contribution in [2.24, 2.45) is 0 Å². The van der Waals surface area contributed by atoms with Gasteiger partial charge in [0.2, 0.25) is 0 Å². The number of aromatic amines is 1. The summed E-state index contributed by atoms with van der Waals surface area (Å²) in [4.78, 5) is 13.7. The van der Waals surface area contributed by atoms with Gasteiger partial charge >= 0.3 is 0 Å². The summed E-state index contributed by atoms with van der Waals surface area (Å²) >= 11 is 0. The maximum Gasteiger partial charge on any atom is 0.255 e. The molecule has 0 saturated carbocycles. The van der Waals surface area contributed by atoms with Crippen molar-refractivity contribution in [3.63, 3.8) is 0 Å². The fraction of sp³-hybridized carbons (Fsp3) is 0.222. The highest BCUT2D eigenvalue weighted by Crippen LogP contribution is 2.03. The second kappa shape index (κ2) is 3.19. The van der Waals surface area contributed by atoms with Crippen molar-refractivity contribution in [1.82, 2.24) is 4.98 Å². The number of aryl methyl sites for hydroxylation is 1. The second-order valence-corrected chi connectivity index (χ2v) is 2.30. The van der Waals surface area contributed by atoms with Crippen LogP contribution in [0.5, 0.6) is 0 Å². The summed E-state index contributed by atoms with van der Waals surface area (Å²) in [5.74, 6) is 0. The molecule has 1 aromatic rings. The lowest BCUT2D eigenvalue weighted by molar-refractivity contribution is 1.09. The van der Waals surface area contributed by atoms with Crippen molar-refractivity contribution < 1.29 is 0 Å². The zero-order valence-electron chi connectivity index (χ0n) is 6.55. The molecule has 0 amide bonds. The largest absolute Gasteiger partial charge is 0.329 e. The first-order chi connectivity index (χ1) is 5.29. The lowest BCUT2D eigenvalue weighted by Gasteiger charge is -1.98. The summed E-state index contributed by atoms with van der Waals surface area (Å²) in [7, 11) is 0. The summed E-state index contributed by atoms with van der Waals surface area (Å²) in [6, 6.07) is 1.90. The van der Waals surface area contributed by atoms with Gasteiger partial charge in [-0.3, -0.25) is 4.79 Å². The molecule has 0 bridgehead atoms. The second-order valence-electron chi connectivity index (χ2n) is 2.30. The molecular formula is C9H11NO. The average Bonchev–Trinajstić information content (AvgIpc) is 2.04. The summed E-state index contributed by atoms with van der Waals surface area (Å²) in [5.41, 5.74) is 1.68. The molecule has 0 unspecified atom stereocenters. The Hall–Kier alpha value is -1.31. The highest BCUT2D eigenvalue weighted by molar-refractivity contribution is 5.49. The molecule has 1 heterocycles. The van der Waals surface area contributed by atoms with Crippen molar-refractivity contribution in [3.05, 3.63) is 40.3 Å². The molecule has 0 atom stereocenters. The standard InChI is InChI=1S/C9H11NO/c1-3-7-5-6-10-9(11)8(7)4-2/h4-6H,2-3H2,1H3,(H,10,11). The van der Waals surface area contributed by atoms with Crippen molar-refractivity contribution >= 4 is 6.08 Å². The average molecular weight is 149 g/mol. The van der Waals surface area contributed by atoms with E-state index < -0.39 is 0 Å². The van der Waals surface area contributed by atoms with Gasteiger partial charge in [0.05, 0.1) is 0 Å². The molecule has 2 heteroatoms. The van der Waals surface area contributed by atoms with Crippen molar-refractivity contribution in [2.45, 2.75) is 13.3 Å². The minimum atomic E-state index is -0.0562. The third-order valence-corrected chi connectivity index (χ3v) is 1.67. The van der Waals surface area contributed by atoms with E-state index in [1.54, 1.807) is 12.3 Å². The number of hydrogen-bond donors (Lipinski definition) is 1. The van der Waals surface area contributed by atoms with Crippen LogP contribution >= 0.6 is 0 Å². The zero-order valence-corrected chi connectivity index (χ0v) is 6.55. The van der Waals surface area contributed by atoms with E-state index in [2.05, 4.69) is 11.6 Å². The van der Waals surface area contributed by atoms with Crippen LogP contribution in [-0.4, -0.2) is 4.98 Å². The van der Waals surface area contributed by atoms with Crippen LogP contribution in [0.15, 0.2) is 23.6 Å². The molecule has 0 aliphatic heterocycles. The normalized spacial score (nSPS) is 9.55. The van der Waals surface area contributed by atoms with E-state index in [1.807, 2.05) is 13.0 Å². The van der Waals surface area contributed by atoms with E-state index in [-0.39, 0.29) is 5.56 Å². The molecule has 0 aromatic carbocycles. The molecule has 0 radical (unpaired) electrons.